The number of carbonyl (C=O) groups excluding carboxylic acids is 1. The van der Waals surface area contributed by atoms with E-state index in [0.29, 0.717) is 18.7 Å². The molecule has 7 nitrogen and oxygen atoms in total. The number of hydrogen-bond acceptors (Lipinski definition) is 4. The maximum atomic E-state index is 12.4. The van der Waals surface area contributed by atoms with Gasteiger partial charge in [0.2, 0.25) is 10.0 Å². The standard InChI is InChI=1S/C17H27N3O4S/c1-4-19-25(22,23)15-7-5-14(6-8-15)16(21)18-13-17(2,3)20-9-11-24-12-10-20/h5-8,19H,4,9-13H2,1-3H3,(H,18,21)/p+1. The van der Waals surface area contributed by atoms with Crippen LogP contribution in [0, 0.1) is 0 Å². The summed E-state index contributed by atoms with van der Waals surface area (Å²) in [5, 5.41) is 2.95. The van der Waals surface area contributed by atoms with E-state index < -0.39 is 10.0 Å². The van der Waals surface area contributed by atoms with Crippen molar-refractivity contribution in [2.24, 2.45) is 0 Å². The first-order valence-electron chi connectivity index (χ1n) is 8.57. The number of nitrogens with one attached hydrogen (secondary N) is 3. The normalized spacial score (nSPS) is 16.6. The molecule has 1 amide bonds. The SMILES string of the molecule is CCNS(=O)(=O)c1ccc(C(=O)NCC(C)(C)[NH+]2CCOCC2)cc1. The molecule has 0 spiro atoms. The zero-order valence-corrected chi connectivity index (χ0v) is 15.9. The van der Waals surface area contributed by atoms with Crippen LogP contribution in [0.1, 0.15) is 31.1 Å². The van der Waals surface area contributed by atoms with Gasteiger partial charge in [0.05, 0.1) is 24.7 Å². The molecule has 1 fully saturated rings. The van der Waals surface area contributed by atoms with Gasteiger partial charge in [-0.15, -0.1) is 0 Å². The minimum Gasteiger partial charge on any atom is -0.370 e. The number of quaternary nitrogens is 1. The molecule has 1 aliphatic heterocycles. The maximum absolute atomic E-state index is 12.4. The lowest BCUT2D eigenvalue weighted by Gasteiger charge is -2.37. The molecule has 8 heteroatoms. The van der Waals surface area contributed by atoms with Crippen LogP contribution in [0.15, 0.2) is 29.2 Å². The topological polar surface area (TPSA) is 88.9 Å². The summed E-state index contributed by atoms with van der Waals surface area (Å²) in [5.74, 6) is -0.201. The van der Waals surface area contributed by atoms with Gasteiger partial charge >= 0.3 is 0 Å². The fourth-order valence-electron chi connectivity index (χ4n) is 2.88. The van der Waals surface area contributed by atoms with Crippen LogP contribution in [0.5, 0.6) is 0 Å². The van der Waals surface area contributed by atoms with E-state index in [1.165, 1.54) is 29.2 Å². The largest absolute Gasteiger partial charge is 0.370 e. The maximum Gasteiger partial charge on any atom is 0.251 e. The van der Waals surface area contributed by atoms with Crippen LogP contribution < -0.4 is 14.9 Å². The van der Waals surface area contributed by atoms with E-state index in [0.717, 1.165) is 26.3 Å². The highest BCUT2D eigenvalue weighted by molar-refractivity contribution is 7.89. The van der Waals surface area contributed by atoms with Gasteiger partial charge in [0, 0.05) is 12.1 Å². The van der Waals surface area contributed by atoms with Crippen molar-refractivity contribution in [2.45, 2.75) is 31.2 Å². The van der Waals surface area contributed by atoms with Crippen molar-refractivity contribution in [1.82, 2.24) is 10.0 Å². The summed E-state index contributed by atoms with van der Waals surface area (Å²) in [6, 6.07) is 5.97. The number of carbonyl (C=O) groups is 1. The number of amides is 1. The van der Waals surface area contributed by atoms with Crippen molar-refractivity contribution in [2.75, 3.05) is 39.4 Å². The second-order valence-electron chi connectivity index (χ2n) is 6.81. The van der Waals surface area contributed by atoms with Crippen molar-refractivity contribution in [1.29, 1.82) is 0 Å². The van der Waals surface area contributed by atoms with Crippen LogP contribution in [0.4, 0.5) is 0 Å². The molecule has 0 unspecified atom stereocenters. The Bertz CT molecular complexity index is 680. The number of benzene rings is 1. The summed E-state index contributed by atoms with van der Waals surface area (Å²) in [6.07, 6.45) is 0. The summed E-state index contributed by atoms with van der Waals surface area (Å²) in [5.41, 5.74) is 0.358. The molecular weight excluding hydrogens is 342 g/mol. The van der Waals surface area contributed by atoms with Gasteiger partial charge in [-0.1, -0.05) is 6.92 Å². The summed E-state index contributed by atoms with van der Waals surface area (Å²) in [4.78, 5) is 13.9. The van der Waals surface area contributed by atoms with Gasteiger partial charge in [-0.05, 0) is 38.1 Å². The van der Waals surface area contributed by atoms with E-state index in [4.69, 9.17) is 4.74 Å². The summed E-state index contributed by atoms with van der Waals surface area (Å²) >= 11 is 0. The molecule has 0 saturated carbocycles. The average molecular weight is 370 g/mol. The highest BCUT2D eigenvalue weighted by Crippen LogP contribution is 2.10. The number of hydrogen-bond donors (Lipinski definition) is 3. The van der Waals surface area contributed by atoms with Crippen LogP contribution in [-0.4, -0.2) is 59.3 Å². The van der Waals surface area contributed by atoms with Gasteiger partial charge in [0.25, 0.3) is 5.91 Å². The van der Waals surface area contributed by atoms with E-state index in [1.54, 1.807) is 6.92 Å². The molecule has 1 aromatic rings. The minimum absolute atomic E-state index is 0.0895. The molecule has 0 aliphatic carbocycles. The Morgan fingerprint density at radius 1 is 1.20 bits per heavy atom. The van der Waals surface area contributed by atoms with Gasteiger partial charge in [0.1, 0.15) is 18.6 Å². The molecule has 0 radical (unpaired) electrons. The molecule has 0 aromatic heterocycles. The molecule has 1 saturated heterocycles. The Morgan fingerprint density at radius 3 is 2.36 bits per heavy atom. The molecule has 0 atom stereocenters. The quantitative estimate of drug-likeness (QED) is 0.599. The number of rotatable bonds is 7. The van der Waals surface area contributed by atoms with E-state index >= 15 is 0 Å². The Labute approximate surface area is 149 Å². The number of morpholine rings is 1. The Hall–Kier alpha value is -1.48. The molecule has 1 aliphatic rings. The van der Waals surface area contributed by atoms with Crippen LogP contribution in [0.25, 0.3) is 0 Å². The first-order valence-corrected chi connectivity index (χ1v) is 10.1. The third-order valence-electron chi connectivity index (χ3n) is 4.51. The highest BCUT2D eigenvalue weighted by atomic mass is 32.2. The molecule has 3 N–H and O–H groups in total. The van der Waals surface area contributed by atoms with Crippen molar-refractivity contribution in [3.8, 4) is 0 Å². The zero-order valence-electron chi connectivity index (χ0n) is 15.1. The van der Waals surface area contributed by atoms with Crippen molar-refractivity contribution in [3.63, 3.8) is 0 Å². The molecule has 140 valence electrons. The third-order valence-corrected chi connectivity index (χ3v) is 6.07. The number of sulfonamides is 1. The monoisotopic (exact) mass is 370 g/mol. The minimum atomic E-state index is -3.50. The third kappa shape index (κ3) is 5.24. The average Bonchev–Trinajstić information content (AvgIpc) is 2.60. The fraction of sp³-hybridized carbons (Fsp3) is 0.588. The van der Waals surface area contributed by atoms with Gasteiger partial charge in [-0.2, -0.15) is 0 Å². The van der Waals surface area contributed by atoms with Gasteiger partial charge in [-0.25, -0.2) is 13.1 Å². The van der Waals surface area contributed by atoms with Crippen LogP contribution in [0.3, 0.4) is 0 Å². The number of ether oxygens (including phenoxy) is 1. The van der Waals surface area contributed by atoms with Crippen LogP contribution in [0.2, 0.25) is 0 Å². The second kappa shape index (κ2) is 8.27. The fourth-order valence-corrected chi connectivity index (χ4v) is 3.92. The summed E-state index contributed by atoms with van der Waals surface area (Å²) in [6.45, 7) is 10.2. The zero-order chi connectivity index (χ0) is 18.5. The Balaban J connectivity index is 1.96. The van der Waals surface area contributed by atoms with E-state index in [1.807, 2.05) is 0 Å². The van der Waals surface area contributed by atoms with Crippen molar-refractivity contribution < 1.29 is 22.8 Å². The molecule has 2 rings (SSSR count). The predicted octanol–water partition coefficient (Wildman–Crippen LogP) is -0.592. The lowest BCUT2D eigenvalue weighted by molar-refractivity contribution is -0.954. The van der Waals surface area contributed by atoms with E-state index in [2.05, 4.69) is 23.9 Å². The van der Waals surface area contributed by atoms with Gasteiger partial charge < -0.3 is 15.0 Å². The van der Waals surface area contributed by atoms with E-state index in [9.17, 15) is 13.2 Å². The smallest absolute Gasteiger partial charge is 0.251 e. The molecular formula is C17H28N3O4S+. The van der Waals surface area contributed by atoms with Gasteiger partial charge in [-0.3, -0.25) is 4.79 Å². The lowest BCUT2D eigenvalue weighted by atomic mass is 10.0. The second-order valence-corrected chi connectivity index (χ2v) is 8.58. The van der Waals surface area contributed by atoms with Gasteiger partial charge in [0.15, 0.2) is 0 Å². The summed E-state index contributed by atoms with van der Waals surface area (Å²) < 4.78 is 31.7. The molecule has 0 bridgehead atoms. The first kappa shape index (κ1) is 19.8. The summed E-state index contributed by atoms with van der Waals surface area (Å²) in [7, 11) is -3.50. The Morgan fingerprint density at radius 2 is 1.80 bits per heavy atom. The van der Waals surface area contributed by atoms with E-state index in [-0.39, 0.29) is 16.3 Å². The van der Waals surface area contributed by atoms with Crippen LogP contribution in [-0.2, 0) is 14.8 Å². The first-order chi connectivity index (χ1) is 11.8. The van der Waals surface area contributed by atoms with Crippen molar-refractivity contribution >= 4 is 15.9 Å². The molecule has 25 heavy (non-hydrogen) atoms. The Kier molecular flexibility index (Phi) is 6.56. The molecule has 1 heterocycles. The predicted molar refractivity (Wildman–Crippen MR) is 95.2 cm³/mol. The van der Waals surface area contributed by atoms with Crippen LogP contribution >= 0.6 is 0 Å². The lowest BCUT2D eigenvalue weighted by Crippen LogP contribution is -3.22. The van der Waals surface area contributed by atoms with Crippen molar-refractivity contribution in [3.05, 3.63) is 29.8 Å². The highest BCUT2D eigenvalue weighted by Gasteiger charge is 2.32. The molecule has 1 aromatic carbocycles.